The molecule has 0 bridgehead atoms. The number of imide groups is 1. The summed E-state index contributed by atoms with van der Waals surface area (Å²) in [4.78, 5) is 35.6. The summed E-state index contributed by atoms with van der Waals surface area (Å²) in [5.74, 6) is 0.588. The minimum Gasteiger partial charge on any atom is -0.473 e. The first-order valence-electron chi connectivity index (χ1n) is 12.5. The molecule has 3 aliphatic heterocycles. The lowest BCUT2D eigenvalue weighted by Gasteiger charge is -2.22. The zero-order valence-corrected chi connectivity index (χ0v) is 22.4. The average molecular weight is 564 g/mol. The van der Waals surface area contributed by atoms with Gasteiger partial charge in [-0.2, -0.15) is 9.29 Å². The maximum absolute atomic E-state index is 13.1. The lowest BCUT2D eigenvalue weighted by atomic mass is 10.0. The molecule has 3 fully saturated rings. The fraction of sp³-hybridized carbons (Fsp3) is 0.259. The Kier molecular flexibility index (Phi) is 6.83. The van der Waals surface area contributed by atoms with Gasteiger partial charge in [-0.05, 0) is 47.4 Å². The van der Waals surface area contributed by atoms with Crippen molar-refractivity contribution in [2.75, 3.05) is 31.1 Å². The van der Waals surface area contributed by atoms with Crippen LogP contribution in [0.2, 0.25) is 0 Å². The highest BCUT2D eigenvalue weighted by Gasteiger charge is 2.45. The summed E-state index contributed by atoms with van der Waals surface area (Å²) in [6, 6.07) is 19.8. The van der Waals surface area contributed by atoms with Crippen LogP contribution in [-0.2, 0) is 21.4 Å². The third-order valence-corrected chi connectivity index (χ3v) is 9.63. The number of hydrogen-bond acceptors (Lipinski definition) is 9. The summed E-state index contributed by atoms with van der Waals surface area (Å²) in [6.07, 6.45) is 1.55. The minimum atomic E-state index is -3.55. The van der Waals surface area contributed by atoms with Gasteiger partial charge in [0.1, 0.15) is 6.61 Å². The van der Waals surface area contributed by atoms with Crippen LogP contribution in [0.3, 0.4) is 0 Å². The molecule has 0 aliphatic carbocycles. The summed E-state index contributed by atoms with van der Waals surface area (Å²) in [5.41, 5.74) is 1.42. The van der Waals surface area contributed by atoms with Crippen LogP contribution in [0.1, 0.15) is 11.3 Å². The minimum absolute atomic E-state index is 0.136. The maximum Gasteiger partial charge on any atom is 0.290 e. The van der Waals surface area contributed by atoms with Gasteiger partial charge in [-0.25, -0.2) is 13.4 Å². The van der Waals surface area contributed by atoms with Crippen LogP contribution in [0, 0.1) is 11.8 Å². The fourth-order valence-electron chi connectivity index (χ4n) is 5.06. The Bertz CT molecular complexity index is 1540. The Balaban J connectivity index is 1.22. The molecule has 200 valence electrons. The normalized spacial score (nSPS) is 22.4. The monoisotopic (exact) mass is 563 g/mol. The molecule has 6 rings (SSSR count). The Morgan fingerprint density at radius 1 is 0.949 bits per heavy atom. The van der Waals surface area contributed by atoms with Gasteiger partial charge >= 0.3 is 0 Å². The molecule has 1 N–H and O–H groups in total. The van der Waals surface area contributed by atoms with Crippen molar-refractivity contribution in [2.24, 2.45) is 11.8 Å². The number of carbonyl (C=O) groups excluding carboxylic acids is 2. The highest BCUT2D eigenvalue weighted by Crippen LogP contribution is 2.36. The molecular weight excluding hydrogens is 538 g/mol. The second-order valence-corrected chi connectivity index (χ2v) is 12.6. The third kappa shape index (κ3) is 5.40. The van der Waals surface area contributed by atoms with E-state index in [0.717, 1.165) is 17.3 Å². The number of fused-ring (bicyclic) bond motifs is 1. The van der Waals surface area contributed by atoms with Crippen LogP contribution in [0.25, 0.3) is 6.08 Å². The summed E-state index contributed by atoms with van der Waals surface area (Å²) in [6.45, 7) is 2.35. The Morgan fingerprint density at radius 3 is 2.26 bits per heavy atom. The number of aromatic nitrogens is 2. The number of ether oxygens (including phenoxy) is 1. The van der Waals surface area contributed by atoms with Crippen molar-refractivity contribution in [1.82, 2.24) is 19.6 Å². The fourth-order valence-corrected chi connectivity index (χ4v) is 7.30. The number of thioether (sulfide) groups is 1. The van der Waals surface area contributed by atoms with Gasteiger partial charge in [0, 0.05) is 32.2 Å². The molecule has 0 saturated carbocycles. The van der Waals surface area contributed by atoms with Crippen molar-refractivity contribution in [3.8, 4) is 5.88 Å². The summed E-state index contributed by atoms with van der Waals surface area (Å²) >= 11 is 0.821. The number of nitrogens with one attached hydrogen (secondary N) is 1. The van der Waals surface area contributed by atoms with Crippen molar-refractivity contribution in [3.05, 3.63) is 82.9 Å². The molecule has 2 amide bonds. The van der Waals surface area contributed by atoms with Crippen molar-refractivity contribution in [3.63, 3.8) is 0 Å². The second-order valence-electron chi connectivity index (χ2n) is 9.62. The van der Waals surface area contributed by atoms with E-state index in [4.69, 9.17) is 4.74 Å². The molecule has 1 aromatic heterocycles. The predicted molar refractivity (Wildman–Crippen MR) is 146 cm³/mol. The van der Waals surface area contributed by atoms with Crippen LogP contribution in [-0.4, -0.2) is 60.0 Å². The average Bonchev–Trinajstić information content (AvgIpc) is 3.62. The number of nitrogens with zero attached hydrogens (tertiary/aromatic N) is 4. The lowest BCUT2D eigenvalue weighted by molar-refractivity contribution is -0.115. The Labute approximate surface area is 230 Å². The first kappa shape index (κ1) is 25.5. The van der Waals surface area contributed by atoms with Gasteiger partial charge < -0.3 is 9.64 Å². The molecule has 39 heavy (non-hydrogen) atoms. The number of amides is 2. The zero-order chi connectivity index (χ0) is 27.0. The highest BCUT2D eigenvalue weighted by atomic mass is 32.2. The highest BCUT2D eigenvalue weighted by molar-refractivity contribution is 8.18. The van der Waals surface area contributed by atoms with Crippen molar-refractivity contribution in [2.45, 2.75) is 11.5 Å². The summed E-state index contributed by atoms with van der Waals surface area (Å²) in [5, 5.41) is 1.82. The molecule has 0 radical (unpaired) electrons. The van der Waals surface area contributed by atoms with Crippen molar-refractivity contribution in [1.29, 1.82) is 0 Å². The van der Waals surface area contributed by atoms with E-state index in [0.29, 0.717) is 55.2 Å². The molecule has 3 aromatic rings. The van der Waals surface area contributed by atoms with Crippen LogP contribution in [0.15, 0.2) is 76.5 Å². The number of carbonyl (C=O) groups is 2. The lowest BCUT2D eigenvalue weighted by Crippen LogP contribution is -2.33. The maximum atomic E-state index is 13.1. The van der Waals surface area contributed by atoms with Gasteiger partial charge in [-0.3, -0.25) is 14.9 Å². The molecule has 4 heterocycles. The van der Waals surface area contributed by atoms with E-state index in [1.54, 1.807) is 46.8 Å². The number of rotatable bonds is 7. The van der Waals surface area contributed by atoms with Gasteiger partial charge in [0.05, 0.1) is 15.5 Å². The van der Waals surface area contributed by atoms with E-state index in [9.17, 15) is 18.0 Å². The number of anilines is 1. The van der Waals surface area contributed by atoms with E-state index in [1.165, 1.54) is 0 Å². The number of hydrogen-bond donors (Lipinski definition) is 1. The molecule has 3 aliphatic rings. The molecule has 2 unspecified atom stereocenters. The van der Waals surface area contributed by atoms with Crippen molar-refractivity contribution >= 4 is 45.0 Å². The Hall–Kier alpha value is -3.74. The largest absolute Gasteiger partial charge is 0.473 e. The Morgan fingerprint density at radius 2 is 1.62 bits per heavy atom. The second kappa shape index (κ2) is 10.4. The summed E-state index contributed by atoms with van der Waals surface area (Å²) in [7, 11) is -3.55. The van der Waals surface area contributed by atoms with Crippen LogP contribution in [0.4, 0.5) is 10.7 Å². The predicted octanol–water partition coefficient (Wildman–Crippen LogP) is 3.14. The van der Waals surface area contributed by atoms with E-state index < -0.39 is 21.2 Å². The van der Waals surface area contributed by atoms with Gasteiger partial charge in [0.15, 0.2) is 0 Å². The van der Waals surface area contributed by atoms with E-state index in [-0.39, 0.29) is 16.7 Å². The van der Waals surface area contributed by atoms with Crippen LogP contribution < -0.4 is 15.0 Å². The molecule has 0 spiro atoms. The topological polar surface area (TPSA) is 122 Å². The first-order valence-corrected chi connectivity index (χ1v) is 14.7. The first-order chi connectivity index (χ1) is 18.8. The third-order valence-electron chi connectivity index (χ3n) is 6.98. The zero-order valence-electron chi connectivity index (χ0n) is 20.8. The molecule has 2 atom stereocenters. The van der Waals surface area contributed by atoms with Crippen LogP contribution >= 0.6 is 11.8 Å². The van der Waals surface area contributed by atoms with Gasteiger partial charge in [-0.15, -0.1) is 0 Å². The molecule has 12 heteroatoms. The standard InChI is InChI=1S/C27H25N5O5S2/c33-25-23(38-27(34)30-25)11-21-12-24(37-17-18-7-3-1-4-8-18)29-26(28-21)31-13-19-15-32(16-20(19)14-31)39(35,36)22-9-5-2-6-10-22/h1-12,19-20H,13-17H2,(H,30,33,34). The van der Waals surface area contributed by atoms with E-state index >= 15 is 0 Å². The number of benzene rings is 2. The van der Waals surface area contributed by atoms with Gasteiger partial charge in [0.25, 0.3) is 11.1 Å². The molecule has 10 nitrogen and oxygen atoms in total. The van der Waals surface area contributed by atoms with E-state index in [2.05, 4.69) is 15.3 Å². The van der Waals surface area contributed by atoms with Crippen molar-refractivity contribution < 1.29 is 22.7 Å². The molecular formula is C27H25N5O5S2. The van der Waals surface area contributed by atoms with E-state index in [1.807, 2.05) is 35.2 Å². The quantitative estimate of drug-likeness (QED) is 0.432. The SMILES string of the molecule is O=C1NC(=O)C(=Cc2cc(OCc3ccccc3)nc(N3CC4CN(S(=O)(=O)c5ccccc5)CC4C3)n2)S1. The van der Waals surface area contributed by atoms with Crippen LogP contribution in [0.5, 0.6) is 5.88 Å². The summed E-state index contributed by atoms with van der Waals surface area (Å²) < 4.78 is 33.8. The smallest absolute Gasteiger partial charge is 0.290 e. The van der Waals surface area contributed by atoms with Gasteiger partial charge in [0.2, 0.25) is 21.9 Å². The molecule has 3 saturated heterocycles. The van der Waals surface area contributed by atoms with Gasteiger partial charge in [-0.1, -0.05) is 48.5 Å². The molecule has 2 aromatic carbocycles. The number of sulfonamides is 1.